The van der Waals surface area contributed by atoms with Crippen LogP contribution < -0.4 is 5.32 Å². The summed E-state index contributed by atoms with van der Waals surface area (Å²) in [6, 6.07) is 6.53. The predicted octanol–water partition coefficient (Wildman–Crippen LogP) is 1.51. The number of nitro benzene ring substituents is 1. The second-order valence-corrected chi connectivity index (χ2v) is 5.85. The van der Waals surface area contributed by atoms with Crippen molar-refractivity contribution in [3.8, 4) is 0 Å². The van der Waals surface area contributed by atoms with E-state index in [9.17, 15) is 19.7 Å². The summed E-state index contributed by atoms with van der Waals surface area (Å²) in [6.07, 6.45) is 2.84. The summed E-state index contributed by atoms with van der Waals surface area (Å²) < 4.78 is 0. The molecule has 7 nitrogen and oxygen atoms in total. The average Bonchev–Trinajstić information content (AvgIpc) is 2.87. The van der Waals surface area contributed by atoms with Crippen molar-refractivity contribution in [2.45, 2.75) is 25.7 Å². The van der Waals surface area contributed by atoms with Gasteiger partial charge in [-0.1, -0.05) is 12.1 Å². The molecule has 1 aromatic carbocycles. The second kappa shape index (κ2) is 7.71. The Balaban J connectivity index is 1.63. The van der Waals surface area contributed by atoms with Gasteiger partial charge in [0.25, 0.3) is 5.69 Å². The van der Waals surface area contributed by atoms with Crippen LogP contribution in [0.5, 0.6) is 0 Å². The first-order valence-corrected chi connectivity index (χ1v) is 7.72. The van der Waals surface area contributed by atoms with E-state index in [-0.39, 0.29) is 23.4 Å². The molecule has 124 valence electrons. The fourth-order valence-corrected chi connectivity index (χ4v) is 2.63. The maximum Gasteiger partial charge on any atom is 0.269 e. The number of benzene rings is 1. The summed E-state index contributed by atoms with van der Waals surface area (Å²) in [6.45, 7) is 1.08. The Hall–Kier alpha value is -2.44. The quantitative estimate of drug-likeness (QED) is 0.468. The summed E-state index contributed by atoms with van der Waals surface area (Å²) in [5.74, 6) is -0.275. The highest BCUT2D eigenvalue weighted by Crippen LogP contribution is 2.16. The molecule has 0 radical (unpaired) electrons. The number of hydrogen-bond donors (Lipinski definition) is 1. The number of hydrogen-bond acceptors (Lipinski definition) is 4. The number of unbranched alkanes of at least 4 members (excludes halogenated alkanes) is 1. The van der Waals surface area contributed by atoms with Crippen LogP contribution in [0, 0.1) is 16.0 Å². The summed E-state index contributed by atoms with van der Waals surface area (Å²) in [7, 11) is 1.71. The van der Waals surface area contributed by atoms with Gasteiger partial charge in [-0.3, -0.25) is 19.7 Å². The molecular formula is C16H21N3O4. The van der Waals surface area contributed by atoms with Gasteiger partial charge in [-0.2, -0.15) is 0 Å². The third-order valence-electron chi connectivity index (χ3n) is 4.05. The lowest BCUT2D eigenvalue weighted by molar-refractivity contribution is -0.384. The molecule has 1 saturated heterocycles. The van der Waals surface area contributed by atoms with Gasteiger partial charge in [-0.25, -0.2) is 0 Å². The summed E-state index contributed by atoms with van der Waals surface area (Å²) >= 11 is 0. The molecule has 1 aromatic rings. The second-order valence-electron chi connectivity index (χ2n) is 5.85. The molecule has 0 spiro atoms. The van der Waals surface area contributed by atoms with Crippen LogP contribution in [0.3, 0.4) is 0 Å². The van der Waals surface area contributed by atoms with Gasteiger partial charge in [-0.05, 0) is 24.8 Å². The molecular weight excluding hydrogens is 298 g/mol. The smallest absolute Gasteiger partial charge is 0.269 e. The minimum Gasteiger partial charge on any atom is -0.356 e. The van der Waals surface area contributed by atoms with Crippen LogP contribution in [0.2, 0.25) is 0 Å². The van der Waals surface area contributed by atoms with E-state index in [1.165, 1.54) is 12.1 Å². The number of rotatable bonds is 7. The summed E-state index contributed by atoms with van der Waals surface area (Å²) in [4.78, 5) is 35.0. The third-order valence-corrected chi connectivity index (χ3v) is 4.05. The van der Waals surface area contributed by atoms with Crippen molar-refractivity contribution in [2.24, 2.45) is 5.92 Å². The first kappa shape index (κ1) is 16.9. The number of aryl methyl sites for hydroxylation is 1. The zero-order valence-corrected chi connectivity index (χ0v) is 13.2. The van der Waals surface area contributed by atoms with E-state index in [4.69, 9.17) is 0 Å². The maximum absolute atomic E-state index is 11.9. The number of nitrogens with one attached hydrogen (secondary N) is 1. The maximum atomic E-state index is 11.9. The van der Waals surface area contributed by atoms with Crippen molar-refractivity contribution >= 4 is 17.5 Å². The van der Waals surface area contributed by atoms with Crippen molar-refractivity contribution in [3.63, 3.8) is 0 Å². The number of amides is 2. The molecule has 2 amide bonds. The Bertz CT molecular complexity index is 585. The molecule has 1 atom stereocenters. The SMILES string of the molecule is CN1CC(C(=O)NCCCCc2ccc([N+](=O)[O-])cc2)CC1=O. The molecule has 1 aliphatic heterocycles. The number of carbonyl (C=O) groups is 2. The lowest BCUT2D eigenvalue weighted by Gasteiger charge is -2.11. The van der Waals surface area contributed by atoms with Gasteiger partial charge in [0.1, 0.15) is 0 Å². The highest BCUT2D eigenvalue weighted by molar-refractivity contribution is 5.89. The van der Waals surface area contributed by atoms with E-state index >= 15 is 0 Å². The van der Waals surface area contributed by atoms with Gasteiger partial charge in [0.05, 0.1) is 10.8 Å². The fourth-order valence-electron chi connectivity index (χ4n) is 2.63. The van der Waals surface area contributed by atoms with Gasteiger partial charge >= 0.3 is 0 Å². The zero-order chi connectivity index (χ0) is 16.8. The standard InChI is InChI=1S/C16H21N3O4/c1-18-11-13(10-15(18)20)16(21)17-9-3-2-4-12-5-7-14(8-6-12)19(22)23/h5-8,13H,2-4,9-11H2,1H3,(H,17,21). The molecule has 1 fully saturated rings. The lowest BCUT2D eigenvalue weighted by Crippen LogP contribution is -2.32. The Kier molecular flexibility index (Phi) is 5.67. The zero-order valence-electron chi connectivity index (χ0n) is 13.2. The predicted molar refractivity (Wildman–Crippen MR) is 84.8 cm³/mol. The van der Waals surface area contributed by atoms with Gasteiger partial charge in [0.2, 0.25) is 11.8 Å². The van der Waals surface area contributed by atoms with Crippen LogP contribution in [0.15, 0.2) is 24.3 Å². The number of non-ortho nitro benzene ring substituents is 1. The van der Waals surface area contributed by atoms with E-state index in [0.29, 0.717) is 19.5 Å². The van der Waals surface area contributed by atoms with Crippen LogP contribution in [0.1, 0.15) is 24.8 Å². The molecule has 0 aromatic heterocycles. The van der Waals surface area contributed by atoms with E-state index in [1.54, 1.807) is 24.1 Å². The third kappa shape index (κ3) is 4.77. The average molecular weight is 319 g/mol. The van der Waals surface area contributed by atoms with Crippen LogP contribution in [0.4, 0.5) is 5.69 Å². The molecule has 1 unspecified atom stereocenters. The molecule has 7 heteroatoms. The van der Waals surface area contributed by atoms with Crippen LogP contribution in [-0.4, -0.2) is 41.8 Å². The first-order valence-electron chi connectivity index (χ1n) is 7.72. The Morgan fingerprint density at radius 2 is 2.04 bits per heavy atom. The van der Waals surface area contributed by atoms with Crippen molar-refractivity contribution in [1.29, 1.82) is 0 Å². The largest absolute Gasteiger partial charge is 0.356 e. The summed E-state index contributed by atoms with van der Waals surface area (Å²) in [5, 5.41) is 13.4. The van der Waals surface area contributed by atoms with Crippen LogP contribution >= 0.6 is 0 Å². The van der Waals surface area contributed by atoms with E-state index in [1.807, 2.05) is 0 Å². The number of nitro groups is 1. The first-order chi connectivity index (χ1) is 11.0. The van der Waals surface area contributed by atoms with Crippen molar-refractivity contribution in [2.75, 3.05) is 20.1 Å². The van der Waals surface area contributed by atoms with Gasteiger partial charge in [0.15, 0.2) is 0 Å². The topological polar surface area (TPSA) is 92.6 Å². The monoisotopic (exact) mass is 319 g/mol. The van der Waals surface area contributed by atoms with Gasteiger partial charge < -0.3 is 10.2 Å². The molecule has 1 N–H and O–H groups in total. The van der Waals surface area contributed by atoms with E-state index < -0.39 is 4.92 Å². The Morgan fingerprint density at radius 1 is 1.35 bits per heavy atom. The highest BCUT2D eigenvalue weighted by Gasteiger charge is 2.31. The summed E-state index contributed by atoms with van der Waals surface area (Å²) in [5.41, 5.74) is 1.14. The Labute approximate surface area is 134 Å². The molecule has 1 aliphatic rings. The van der Waals surface area contributed by atoms with Gasteiger partial charge in [0, 0.05) is 38.7 Å². The van der Waals surface area contributed by atoms with Crippen LogP contribution in [-0.2, 0) is 16.0 Å². The highest BCUT2D eigenvalue weighted by atomic mass is 16.6. The number of carbonyl (C=O) groups excluding carboxylic acids is 2. The van der Waals surface area contributed by atoms with Crippen molar-refractivity contribution < 1.29 is 14.5 Å². The molecule has 1 heterocycles. The van der Waals surface area contributed by atoms with Crippen molar-refractivity contribution in [1.82, 2.24) is 10.2 Å². The minimum absolute atomic E-state index is 0.0170. The molecule has 0 aliphatic carbocycles. The molecule has 0 bridgehead atoms. The number of nitrogens with zero attached hydrogens (tertiary/aromatic N) is 2. The lowest BCUT2D eigenvalue weighted by atomic mass is 10.1. The van der Waals surface area contributed by atoms with E-state index in [2.05, 4.69) is 5.32 Å². The normalized spacial score (nSPS) is 17.3. The Morgan fingerprint density at radius 3 is 2.61 bits per heavy atom. The van der Waals surface area contributed by atoms with E-state index in [0.717, 1.165) is 24.8 Å². The molecule has 2 rings (SSSR count). The molecule has 0 saturated carbocycles. The van der Waals surface area contributed by atoms with Crippen LogP contribution in [0.25, 0.3) is 0 Å². The minimum atomic E-state index is -0.412. The van der Waals surface area contributed by atoms with Gasteiger partial charge in [-0.15, -0.1) is 0 Å². The van der Waals surface area contributed by atoms with Crippen molar-refractivity contribution in [3.05, 3.63) is 39.9 Å². The number of likely N-dealkylation sites (tertiary alicyclic amines) is 1. The molecule has 23 heavy (non-hydrogen) atoms. The fraction of sp³-hybridized carbons (Fsp3) is 0.500.